The van der Waals surface area contributed by atoms with Gasteiger partial charge in [0.15, 0.2) is 0 Å². The van der Waals surface area contributed by atoms with Gasteiger partial charge in [-0.1, -0.05) is 19.2 Å². The number of hydrogen-bond donors (Lipinski definition) is 0. The molecule has 3 heteroatoms. The molecule has 0 saturated heterocycles. The fourth-order valence-corrected chi connectivity index (χ4v) is 0.437. The Bertz CT molecular complexity index is 99.7. The van der Waals surface area contributed by atoms with E-state index >= 15 is 0 Å². The molecule has 1 atom stereocenters. The van der Waals surface area contributed by atoms with Crippen molar-refractivity contribution < 1.29 is 37.3 Å². The molecule has 1 nitrogen and oxygen atoms in total. The molecule has 0 aliphatic heterocycles. The molecule has 9 heavy (non-hydrogen) atoms. The van der Waals surface area contributed by atoms with Gasteiger partial charge in [0.05, 0.1) is 7.85 Å². The summed E-state index contributed by atoms with van der Waals surface area (Å²) in [5.41, 5.74) is 0. The fourth-order valence-electron chi connectivity index (χ4n) is 0.437. The Morgan fingerprint density at radius 2 is 2.44 bits per heavy atom. The number of hydrogen-bond acceptors (Lipinski definition) is 1. The van der Waals surface area contributed by atoms with Gasteiger partial charge in [0.2, 0.25) is 0 Å². The van der Waals surface area contributed by atoms with Gasteiger partial charge >= 0.3 is 0 Å². The number of Topliss-reactive ketones (excluding diaryl/α,β-unsaturated/α-hetero) is 1. The minimum atomic E-state index is -0.131. The van der Waals surface area contributed by atoms with E-state index in [0.29, 0.717) is 6.42 Å². The maximum absolute atomic E-state index is 10.5. The molecular weight excluding hydrogens is 337 g/mol. The third-order valence-corrected chi connectivity index (χ3v) is 1.01. The number of rotatable bonds is 3. The van der Waals surface area contributed by atoms with Gasteiger partial charge in [0, 0.05) is 38.9 Å². The molecule has 0 aromatic rings. The van der Waals surface area contributed by atoms with E-state index in [-0.39, 0.29) is 49.6 Å². The van der Waals surface area contributed by atoms with Crippen LogP contribution in [0.5, 0.6) is 0 Å². The van der Waals surface area contributed by atoms with Crippen molar-refractivity contribution in [2.75, 3.05) is 0 Å². The van der Waals surface area contributed by atoms with Crippen LogP contribution in [0.3, 0.4) is 0 Å². The second-order valence-corrected chi connectivity index (χ2v) is 1.91. The Labute approximate surface area is 83.2 Å². The number of ketones is 1. The van der Waals surface area contributed by atoms with Gasteiger partial charge in [-0.25, -0.2) is 0 Å². The van der Waals surface area contributed by atoms with Crippen LogP contribution < -0.4 is 0 Å². The first-order chi connectivity index (χ1) is 4.20. The summed E-state index contributed by atoms with van der Waals surface area (Å²) < 4.78 is 6.67. The molecule has 2 radical (unpaired) electrons. The molecule has 1 unspecified atom stereocenters. The van der Waals surface area contributed by atoms with Gasteiger partial charge in [-0.05, 0) is 6.90 Å². The molecule has 0 rings (SSSR count). The smallest absolute Gasteiger partial charge is 0.129 e. The van der Waals surface area contributed by atoms with Crippen molar-refractivity contribution in [3.05, 3.63) is 0 Å². The third kappa shape index (κ3) is 8.79. The van der Waals surface area contributed by atoms with E-state index in [1.54, 1.807) is 0 Å². The summed E-state index contributed by atoms with van der Waals surface area (Å²) in [5.74, 6) is -0.104. The third-order valence-electron chi connectivity index (χ3n) is 1.01. The largest absolute Gasteiger partial charge is 0.300 e. The molecule has 0 fully saturated rings. The van der Waals surface area contributed by atoms with Crippen LogP contribution in [0, 0.1) is 31.1 Å². The Morgan fingerprint density at radius 1 is 1.89 bits per heavy atom. The van der Waals surface area contributed by atoms with Crippen LogP contribution in [0.15, 0.2) is 0 Å². The van der Waals surface area contributed by atoms with E-state index in [9.17, 15) is 4.79 Å². The first-order valence-electron chi connectivity index (χ1n) is 3.48. The Hall–Kier alpha value is 0.787. The molecule has 0 aromatic carbocycles. The van der Waals surface area contributed by atoms with Crippen LogP contribution >= 0.6 is 0 Å². The molecule has 0 bridgehead atoms. The van der Waals surface area contributed by atoms with E-state index in [0.717, 1.165) is 6.42 Å². The van der Waals surface area contributed by atoms with Crippen LogP contribution in [0.2, 0.25) is 5.82 Å². The molecular formula is C6H11BOU. The Balaban J connectivity index is 0. The van der Waals surface area contributed by atoms with Gasteiger partial charge in [-0.15, -0.1) is 0 Å². The van der Waals surface area contributed by atoms with Crippen molar-refractivity contribution in [3.63, 3.8) is 0 Å². The monoisotopic (exact) mass is 349 g/mol. The first-order valence-corrected chi connectivity index (χ1v) is 2.77. The summed E-state index contributed by atoms with van der Waals surface area (Å²) in [6.07, 6.45) is 1.17. The topological polar surface area (TPSA) is 17.1 Å². The zero-order chi connectivity index (χ0) is 7.28. The fraction of sp³-hybridized carbons (Fsp3) is 0.833. The molecule has 0 N–H and O–H groups in total. The van der Waals surface area contributed by atoms with Crippen LogP contribution in [0.1, 0.15) is 28.0 Å². The minimum Gasteiger partial charge on any atom is -0.300 e. The van der Waals surface area contributed by atoms with E-state index < -0.39 is 0 Å². The van der Waals surface area contributed by atoms with E-state index in [4.69, 9.17) is 9.22 Å². The average molecular weight is 349 g/mol. The molecule has 0 aliphatic carbocycles. The zero-order valence-corrected chi connectivity index (χ0v) is 9.85. The maximum Gasteiger partial charge on any atom is 0.129 e. The predicted octanol–water partition coefficient (Wildman–Crippen LogP) is 1.33. The molecule has 0 saturated carbocycles. The number of carbonyl (C=O) groups excluding carboxylic acids is 1. The van der Waals surface area contributed by atoms with Crippen LogP contribution in [-0.4, -0.2) is 13.6 Å². The predicted molar refractivity (Wildman–Crippen MR) is 35.1 cm³/mol. The Kier molecular flexibility index (Phi) is 7.50. The zero-order valence-electron chi connectivity index (χ0n) is 6.68. The van der Waals surface area contributed by atoms with Gasteiger partial charge in [-0.2, -0.15) is 0 Å². The molecule has 0 aliphatic rings. The molecule has 0 heterocycles. The average Bonchev–Trinajstić information content (AvgIpc) is 1.87. The summed E-state index contributed by atoms with van der Waals surface area (Å²) in [7, 11) is 5.45. The van der Waals surface area contributed by atoms with E-state index in [1.807, 2.05) is 6.92 Å². The van der Waals surface area contributed by atoms with Crippen LogP contribution in [0.25, 0.3) is 0 Å². The molecule has 0 aromatic heterocycles. The summed E-state index contributed by atoms with van der Waals surface area (Å²) >= 11 is 0. The van der Waals surface area contributed by atoms with Crippen molar-refractivity contribution in [3.8, 4) is 0 Å². The minimum absolute atomic E-state index is 0. The van der Waals surface area contributed by atoms with Crippen molar-refractivity contribution >= 4 is 13.6 Å². The van der Waals surface area contributed by atoms with Gasteiger partial charge in [0.1, 0.15) is 5.78 Å². The number of carbonyl (C=O) groups is 1. The normalized spacial score (nSPS) is 13.2. The van der Waals surface area contributed by atoms with E-state index in [1.165, 1.54) is 0 Å². The van der Waals surface area contributed by atoms with Gasteiger partial charge in [-0.3, -0.25) is 0 Å². The standard InChI is InChI=1S/C6H11BO.U/c1-3-6(7)4-5(2)8;/h6H,3-4H2,1-2H3;/i2D;. The van der Waals surface area contributed by atoms with Crippen molar-refractivity contribution in [2.45, 2.75) is 32.5 Å². The summed E-state index contributed by atoms with van der Waals surface area (Å²) in [4.78, 5) is 10.5. The molecule has 48 valence electrons. The van der Waals surface area contributed by atoms with Crippen molar-refractivity contribution in [1.29, 1.82) is 0 Å². The summed E-state index contributed by atoms with van der Waals surface area (Å²) in [5, 5.41) is 0. The van der Waals surface area contributed by atoms with Gasteiger partial charge in [0.25, 0.3) is 0 Å². The van der Waals surface area contributed by atoms with Crippen LogP contribution in [0.4, 0.5) is 0 Å². The Morgan fingerprint density at radius 3 is 2.78 bits per heavy atom. The van der Waals surface area contributed by atoms with Crippen molar-refractivity contribution in [2.24, 2.45) is 0 Å². The van der Waals surface area contributed by atoms with Gasteiger partial charge < -0.3 is 4.79 Å². The first kappa shape index (κ1) is 9.79. The second kappa shape index (κ2) is 6.90. The SMILES string of the molecule is [2H]CC(=O)CC([B])CC.[U]. The maximum atomic E-state index is 10.5. The molecule has 0 spiro atoms. The van der Waals surface area contributed by atoms with Crippen LogP contribution in [-0.2, 0) is 4.79 Å². The molecule has 0 amide bonds. The quantitative estimate of drug-likeness (QED) is 0.703. The summed E-state index contributed by atoms with van der Waals surface area (Å²) in [6, 6.07) is 0. The van der Waals surface area contributed by atoms with Crippen molar-refractivity contribution in [1.82, 2.24) is 0 Å². The van der Waals surface area contributed by atoms with E-state index in [2.05, 4.69) is 0 Å². The summed E-state index contributed by atoms with van der Waals surface area (Å²) in [6.45, 7) is 1.80. The second-order valence-electron chi connectivity index (χ2n) is 1.91.